The summed E-state index contributed by atoms with van der Waals surface area (Å²) in [6.45, 7) is 0. The van der Waals surface area contributed by atoms with Crippen LogP contribution in [0.25, 0.3) is 10.2 Å². The van der Waals surface area contributed by atoms with Gasteiger partial charge in [0.25, 0.3) is 5.91 Å². The number of carbonyl (C=O) groups is 2. The fraction of sp³-hybridized carbons (Fsp3) is 0.136. The normalized spacial score (nSPS) is 11.4. The van der Waals surface area contributed by atoms with Crippen molar-refractivity contribution in [1.29, 1.82) is 0 Å². The summed E-state index contributed by atoms with van der Waals surface area (Å²) in [6.07, 6.45) is 1.72. The minimum Gasteiger partial charge on any atom is -0.339 e. The Hall–Kier alpha value is -3.01. The van der Waals surface area contributed by atoms with Crippen LogP contribution >= 0.6 is 36.4 Å². The molecule has 4 rings (SSSR count). The third kappa shape index (κ3) is 5.42. The first-order valence-corrected chi connectivity index (χ1v) is 10.7. The minimum absolute atomic E-state index is 0. The van der Waals surface area contributed by atoms with Crippen molar-refractivity contribution in [1.82, 2.24) is 20.3 Å². The third-order valence-electron chi connectivity index (χ3n) is 4.78. The molecule has 0 aliphatic heterocycles. The number of hydrogen-bond acceptors (Lipinski definition) is 6. The van der Waals surface area contributed by atoms with Crippen molar-refractivity contribution >= 4 is 64.2 Å². The molecule has 164 valence electrons. The van der Waals surface area contributed by atoms with Gasteiger partial charge in [-0.25, -0.2) is 15.0 Å². The Morgan fingerprint density at radius 1 is 1.12 bits per heavy atom. The number of fused-ring (bicyclic) bond motifs is 1. The van der Waals surface area contributed by atoms with Crippen molar-refractivity contribution in [2.75, 3.05) is 11.9 Å². The highest BCUT2D eigenvalue weighted by molar-refractivity contribution is 7.59. The number of carbonyl (C=O) groups excluding carboxylic acids is 2. The first kappa shape index (κ1) is 23.6. The number of amides is 2. The van der Waals surface area contributed by atoms with Crippen LogP contribution in [-0.2, 0) is 11.2 Å². The summed E-state index contributed by atoms with van der Waals surface area (Å²) in [5.74, 6) is -0.756. The maximum atomic E-state index is 13.4. The number of nitrogens with zero attached hydrogens (tertiary/aromatic N) is 4. The topological polar surface area (TPSA) is 88.1 Å². The first-order chi connectivity index (χ1) is 15.0. The van der Waals surface area contributed by atoms with E-state index in [1.54, 1.807) is 12.6 Å². The van der Waals surface area contributed by atoms with Crippen LogP contribution in [0, 0.1) is 0 Å². The van der Waals surface area contributed by atoms with Gasteiger partial charge in [-0.15, -0.1) is 11.3 Å². The minimum atomic E-state index is -0.806. The molecule has 0 unspecified atom stereocenters. The molecular formula is C22H20ClN5O2S2. The van der Waals surface area contributed by atoms with Gasteiger partial charge in [0.05, 0.1) is 15.7 Å². The van der Waals surface area contributed by atoms with E-state index in [1.807, 2.05) is 48.5 Å². The molecule has 7 nitrogen and oxygen atoms in total. The van der Waals surface area contributed by atoms with E-state index in [9.17, 15) is 9.59 Å². The molecule has 1 N–H and O–H groups in total. The van der Waals surface area contributed by atoms with Gasteiger partial charge in [-0.05, 0) is 41.4 Å². The molecule has 0 aliphatic rings. The number of thiazole rings is 1. The van der Waals surface area contributed by atoms with Crippen molar-refractivity contribution in [2.24, 2.45) is 0 Å². The number of halogens is 1. The van der Waals surface area contributed by atoms with Crippen LogP contribution in [-0.4, -0.2) is 39.9 Å². The Morgan fingerprint density at radius 2 is 1.91 bits per heavy atom. The molecular weight excluding hydrogens is 466 g/mol. The van der Waals surface area contributed by atoms with Crippen LogP contribution in [0.4, 0.5) is 5.69 Å². The van der Waals surface area contributed by atoms with E-state index in [2.05, 4.69) is 20.3 Å². The van der Waals surface area contributed by atoms with Crippen molar-refractivity contribution < 1.29 is 9.59 Å². The zero-order valence-electron chi connectivity index (χ0n) is 17.0. The van der Waals surface area contributed by atoms with Crippen LogP contribution in [0.5, 0.6) is 0 Å². The van der Waals surface area contributed by atoms with Crippen LogP contribution in [0.15, 0.2) is 66.3 Å². The van der Waals surface area contributed by atoms with Crippen LogP contribution in [0.1, 0.15) is 16.1 Å². The monoisotopic (exact) mass is 485 g/mol. The van der Waals surface area contributed by atoms with E-state index in [0.717, 1.165) is 15.8 Å². The number of nitrogens with one attached hydrogen (secondary N) is 1. The summed E-state index contributed by atoms with van der Waals surface area (Å²) < 4.78 is 1.04. The lowest BCUT2D eigenvalue weighted by Gasteiger charge is -2.25. The number of aromatic nitrogens is 3. The number of hydrogen-bond donors (Lipinski definition) is 1. The molecule has 2 amide bonds. The van der Waals surface area contributed by atoms with Crippen LogP contribution in [0.2, 0.25) is 5.28 Å². The highest BCUT2D eigenvalue weighted by atomic mass is 35.5. The molecule has 0 fully saturated rings. The average Bonchev–Trinajstić information content (AvgIpc) is 3.26. The van der Waals surface area contributed by atoms with Gasteiger partial charge >= 0.3 is 0 Å². The molecule has 1 atom stereocenters. The predicted molar refractivity (Wildman–Crippen MR) is 132 cm³/mol. The maximum absolute atomic E-state index is 13.4. The van der Waals surface area contributed by atoms with Gasteiger partial charge in [-0.1, -0.05) is 30.3 Å². The summed E-state index contributed by atoms with van der Waals surface area (Å²) in [7, 11) is 1.68. The Balaban J connectivity index is 0.00000289. The molecule has 2 aromatic carbocycles. The molecule has 4 aromatic rings. The second-order valence-electron chi connectivity index (χ2n) is 6.83. The van der Waals surface area contributed by atoms with E-state index in [-0.39, 0.29) is 30.4 Å². The quantitative estimate of drug-likeness (QED) is 0.419. The fourth-order valence-corrected chi connectivity index (χ4v) is 3.97. The summed E-state index contributed by atoms with van der Waals surface area (Å²) in [5, 5.41) is 2.76. The van der Waals surface area contributed by atoms with Gasteiger partial charge < -0.3 is 10.2 Å². The van der Waals surface area contributed by atoms with Gasteiger partial charge in [0, 0.05) is 25.4 Å². The second kappa shape index (κ2) is 10.5. The van der Waals surface area contributed by atoms with Gasteiger partial charge in [0.1, 0.15) is 11.7 Å². The molecule has 0 spiro atoms. The number of anilines is 1. The number of benzene rings is 2. The first-order valence-electron chi connectivity index (χ1n) is 9.45. The largest absolute Gasteiger partial charge is 0.339 e. The van der Waals surface area contributed by atoms with Gasteiger partial charge in [0.15, 0.2) is 0 Å². The number of rotatable bonds is 6. The van der Waals surface area contributed by atoms with Gasteiger partial charge in [0.2, 0.25) is 11.2 Å². The Kier molecular flexibility index (Phi) is 7.79. The summed E-state index contributed by atoms with van der Waals surface area (Å²) >= 11 is 7.34. The van der Waals surface area contributed by atoms with E-state index < -0.39 is 11.9 Å². The second-order valence-corrected chi connectivity index (χ2v) is 8.05. The Bertz CT molecular complexity index is 1240. The van der Waals surface area contributed by atoms with E-state index in [1.165, 1.54) is 28.5 Å². The molecule has 0 saturated heterocycles. The Labute approximate surface area is 200 Å². The highest BCUT2D eigenvalue weighted by Gasteiger charge is 2.26. The zero-order valence-corrected chi connectivity index (χ0v) is 19.6. The summed E-state index contributed by atoms with van der Waals surface area (Å²) in [4.78, 5) is 39.7. The molecule has 0 radical (unpaired) electrons. The van der Waals surface area contributed by atoms with Crippen molar-refractivity contribution in [3.8, 4) is 0 Å². The maximum Gasteiger partial charge on any atom is 0.270 e. The molecule has 10 heteroatoms. The van der Waals surface area contributed by atoms with Gasteiger partial charge in [-0.2, -0.15) is 13.5 Å². The fourth-order valence-electron chi connectivity index (χ4n) is 3.16. The van der Waals surface area contributed by atoms with E-state index >= 15 is 0 Å². The lowest BCUT2D eigenvalue weighted by atomic mass is 10.0. The van der Waals surface area contributed by atoms with Crippen molar-refractivity contribution in [2.45, 2.75) is 12.5 Å². The van der Waals surface area contributed by atoms with Crippen LogP contribution < -0.4 is 10.2 Å². The lowest BCUT2D eigenvalue weighted by Crippen LogP contribution is -2.49. The van der Waals surface area contributed by atoms with Crippen LogP contribution in [0.3, 0.4) is 0 Å². The Morgan fingerprint density at radius 3 is 2.66 bits per heavy atom. The van der Waals surface area contributed by atoms with Crippen molar-refractivity contribution in [3.05, 3.63) is 82.8 Å². The number of likely N-dealkylation sites (N-methyl/N-ethyl adjacent to an activating group) is 1. The molecule has 2 heterocycles. The third-order valence-corrected chi connectivity index (χ3v) is 5.77. The molecule has 0 bridgehead atoms. The average molecular weight is 486 g/mol. The standard InChI is InChI=1S/C22H18ClN5O2S.H2S/c1-28(15-7-8-19-17(12-15)25-13-31-19)21(30)18(11-14-5-3-2-4-6-14)26-20(29)16-9-10-24-22(23)27-16;/h2-10,12-13,18H,11H2,1H3,(H,26,29);1H2/t18-;/m0./s1. The highest BCUT2D eigenvalue weighted by Crippen LogP contribution is 2.24. The lowest BCUT2D eigenvalue weighted by molar-refractivity contribution is -0.120. The molecule has 2 aromatic heterocycles. The molecule has 32 heavy (non-hydrogen) atoms. The van der Waals surface area contributed by atoms with E-state index in [0.29, 0.717) is 12.1 Å². The van der Waals surface area contributed by atoms with Gasteiger partial charge in [-0.3, -0.25) is 9.59 Å². The molecule has 0 saturated carbocycles. The summed E-state index contributed by atoms with van der Waals surface area (Å²) in [5.41, 5.74) is 4.30. The predicted octanol–water partition coefficient (Wildman–Crippen LogP) is 3.86. The van der Waals surface area contributed by atoms with E-state index in [4.69, 9.17) is 11.6 Å². The smallest absolute Gasteiger partial charge is 0.270 e. The molecule has 0 aliphatic carbocycles. The van der Waals surface area contributed by atoms with Crippen molar-refractivity contribution in [3.63, 3.8) is 0 Å². The zero-order chi connectivity index (χ0) is 21.8. The SMILES string of the molecule is CN(C(=O)[C@H](Cc1ccccc1)NC(=O)c1ccnc(Cl)n1)c1ccc2scnc2c1.S. The summed E-state index contributed by atoms with van der Waals surface area (Å²) in [6, 6.07) is 15.8.